The SMILES string of the molecule is CC(C)C1NNC(Br)N1. The molecule has 0 saturated carbocycles. The first-order valence-corrected chi connectivity index (χ1v) is 4.03. The molecule has 54 valence electrons. The van der Waals surface area contributed by atoms with Crippen LogP contribution in [0.4, 0.5) is 0 Å². The summed E-state index contributed by atoms with van der Waals surface area (Å²) in [5.74, 6) is 0.611. The standard InChI is InChI=1S/C5H12BrN3/c1-3(2)4-7-5(6)9-8-4/h3-5,7-9H,1-2H3. The largest absolute Gasteiger partial charge is 0.275 e. The van der Waals surface area contributed by atoms with Crippen LogP contribution in [0.1, 0.15) is 13.8 Å². The Bertz CT molecular complexity index is 96.2. The smallest absolute Gasteiger partial charge is 0.129 e. The molecule has 1 aliphatic rings. The third-order valence-electron chi connectivity index (χ3n) is 1.36. The fourth-order valence-electron chi connectivity index (χ4n) is 0.763. The molecule has 1 aliphatic heterocycles. The summed E-state index contributed by atoms with van der Waals surface area (Å²) in [5, 5.41) is 3.46. The van der Waals surface area contributed by atoms with E-state index in [4.69, 9.17) is 0 Å². The fraction of sp³-hybridized carbons (Fsp3) is 1.00. The van der Waals surface area contributed by atoms with Crippen molar-refractivity contribution >= 4 is 15.9 Å². The van der Waals surface area contributed by atoms with E-state index in [1.54, 1.807) is 0 Å². The van der Waals surface area contributed by atoms with E-state index in [1.807, 2.05) is 0 Å². The molecule has 0 bridgehead atoms. The molecular weight excluding hydrogens is 182 g/mol. The minimum absolute atomic E-state index is 0.213. The Balaban J connectivity index is 2.30. The highest BCUT2D eigenvalue weighted by atomic mass is 79.9. The summed E-state index contributed by atoms with van der Waals surface area (Å²) in [6, 6.07) is 0. The zero-order chi connectivity index (χ0) is 6.85. The average molecular weight is 194 g/mol. The molecule has 9 heavy (non-hydrogen) atoms. The van der Waals surface area contributed by atoms with Crippen LogP contribution in [-0.2, 0) is 0 Å². The van der Waals surface area contributed by atoms with Crippen LogP contribution in [-0.4, -0.2) is 11.2 Å². The van der Waals surface area contributed by atoms with E-state index in [9.17, 15) is 0 Å². The molecule has 0 aliphatic carbocycles. The highest BCUT2D eigenvalue weighted by molar-refractivity contribution is 9.09. The van der Waals surface area contributed by atoms with Crippen molar-refractivity contribution in [3.63, 3.8) is 0 Å². The normalized spacial score (nSPS) is 36.0. The molecule has 0 radical (unpaired) electrons. The average Bonchev–Trinajstić information content (AvgIpc) is 2.14. The lowest BCUT2D eigenvalue weighted by molar-refractivity contribution is 0.402. The van der Waals surface area contributed by atoms with Gasteiger partial charge in [-0.25, -0.2) is 10.9 Å². The second-order valence-corrected chi connectivity index (χ2v) is 3.46. The molecule has 2 atom stereocenters. The summed E-state index contributed by atoms with van der Waals surface area (Å²) in [5.41, 5.74) is 6.10. The van der Waals surface area contributed by atoms with Gasteiger partial charge in [0.1, 0.15) is 5.08 Å². The molecule has 4 heteroatoms. The van der Waals surface area contributed by atoms with E-state index >= 15 is 0 Å². The Morgan fingerprint density at radius 1 is 1.33 bits per heavy atom. The number of rotatable bonds is 1. The van der Waals surface area contributed by atoms with Crippen LogP contribution >= 0.6 is 15.9 Å². The van der Waals surface area contributed by atoms with Crippen LogP contribution in [0.15, 0.2) is 0 Å². The molecular formula is C5H12BrN3. The summed E-state index contributed by atoms with van der Waals surface area (Å²) >= 11 is 3.36. The van der Waals surface area contributed by atoms with Gasteiger partial charge in [0.15, 0.2) is 0 Å². The van der Waals surface area contributed by atoms with E-state index in [-0.39, 0.29) is 5.08 Å². The minimum atomic E-state index is 0.213. The van der Waals surface area contributed by atoms with Gasteiger partial charge in [-0.05, 0) is 5.92 Å². The number of hydrazine groups is 1. The van der Waals surface area contributed by atoms with Crippen LogP contribution in [0.3, 0.4) is 0 Å². The van der Waals surface area contributed by atoms with Crippen molar-refractivity contribution in [2.45, 2.75) is 25.1 Å². The first kappa shape index (κ1) is 7.47. The van der Waals surface area contributed by atoms with Gasteiger partial charge in [-0.1, -0.05) is 29.8 Å². The number of nitrogens with one attached hydrogen (secondary N) is 3. The van der Waals surface area contributed by atoms with Crippen molar-refractivity contribution in [1.29, 1.82) is 0 Å². The Kier molecular flexibility index (Phi) is 2.46. The van der Waals surface area contributed by atoms with Crippen LogP contribution < -0.4 is 16.2 Å². The quantitative estimate of drug-likeness (QED) is 0.416. The number of hydrogen-bond acceptors (Lipinski definition) is 3. The second-order valence-electron chi connectivity index (χ2n) is 2.54. The van der Waals surface area contributed by atoms with Gasteiger partial charge in [0.25, 0.3) is 0 Å². The Morgan fingerprint density at radius 3 is 2.22 bits per heavy atom. The van der Waals surface area contributed by atoms with Gasteiger partial charge in [-0.3, -0.25) is 5.32 Å². The maximum Gasteiger partial charge on any atom is 0.129 e. The van der Waals surface area contributed by atoms with E-state index in [0.717, 1.165) is 0 Å². The molecule has 0 aromatic rings. The van der Waals surface area contributed by atoms with Crippen molar-refractivity contribution in [3.05, 3.63) is 0 Å². The molecule has 1 rings (SSSR count). The van der Waals surface area contributed by atoms with Gasteiger partial charge < -0.3 is 0 Å². The highest BCUT2D eigenvalue weighted by Gasteiger charge is 2.21. The summed E-state index contributed by atoms with van der Waals surface area (Å²) in [6.07, 6.45) is 0.384. The van der Waals surface area contributed by atoms with Gasteiger partial charge in [0.05, 0.1) is 6.17 Å². The van der Waals surface area contributed by atoms with Crippen molar-refractivity contribution in [3.8, 4) is 0 Å². The Labute approximate surface area is 63.7 Å². The molecule has 1 fully saturated rings. The molecule has 0 spiro atoms. The molecule has 3 nitrogen and oxygen atoms in total. The first-order chi connectivity index (χ1) is 4.20. The number of halogens is 1. The zero-order valence-electron chi connectivity index (χ0n) is 5.61. The Hall–Kier alpha value is 0.360. The molecule has 0 amide bonds. The van der Waals surface area contributed by atoms with E-state index in [2.05, 4.69) is 45.9 Å². The molecule has 1 heterocycles. The van der Waals surface area contributed by atoms with E-state index < -0.39 is 0 Å². The fourth-order valence-corrected chi connectivity index (χ4v) is 1.18. The third-order valence-corrected chi connectivity index (χ3v) is 1.85. The van der Waals surface area contributed by atoms with Crippen molar-refractivity contribution in [1.82, 2.24) is 16.2 Å². The van der Waals surface area contributed by atoms with Crippen LogP contribution in [0.25, 0.3) is 0 Å². The highest BCUT2D eigenvalue weighted by Crippen LogP contribution is 2.04. The lowest BCUT2D eigenvalue weighted by Gasteiger charge is -2.12. The maximum atomic E-state index is 3.36. The van der Waals surface area contributed by atoms with Crippen LogP contribution in [0.5, 0.6) is 0 Å². The third kappa shape index (κ3) is 1.89. The predicted molar refractivity (Wildman–Crippen MR) is 40.7 cm³/mol. The second kappa shape index (κ2) is 2.96. The maximum absolute atomic E-state index is 3.36. The monoisotopic (exact) mass is 193 g/mol. The molecule has 1 saturated heterocycles. The van der Waals surface area contributed by atoms with Crippen molar-refractivity contribution in [2.75, 3.05) is 0 Å². The molecule has 2 unspecified atom stereocenters. The summed E-state index contributed by atoms with van der Waals surface area (Å²) in [7, 11) is 0. The number of alkyl halides is 1. The van der Waals surface area contributed by atoms with Gasteiger partial charge in [-0.2, -0.15) is 0 Å². The van der Waals surface area contributed by atoms with E-state index in [0.29, 0.717) is 12.1 Å². The van der Waals surface area contributed by atoms with Gasteiger partial charge in [0, 0.05) is 0 Å². The van der Waals surface area contributed by atoms with Crippen LogP contribution in [0.2, 0.25) is 0 Å². The van der Waals surface area contributed by atoms with Crippen molar-refractivity contribution < 1.29 is 0 Å². The molecule has 0 aromatic carbocycles. The van der Waals surface area contributed by atoms with Gasteiger partial charge in [-0.15, -0.1) is 0 Å². The minimum Gasteiger partial charge on any atom is -0.275 e. The Morgan fingerprint density at radius 2 is 2.00 bits per heavy atom. The lowest BCUT2D eigenvalue weighted by Crippen LogP contribution is -2.38. The molecule has 3 N–H and O–H groups in total. The van der Waals surface area contributed by atoms with Crippen LogP contribution in [0, 0.1) is 5.92 Å². The predicted octanol–water partition coefficient (Wildman–Crippen LogP) is 0.344. The van der Waals surface area contributed by atoms with Gasteiger partial charge >= 0.3 is 0 Å². The van der Waals surface area contributed by atoms with E-state index in [1.165, 1.54) is 0 Å². The zero-order valence-corrected chi connectivity index (χ0v) is 7.20. The lowest BCUT2D eigenvalue weighted by atomic mass is 10.2. The first-order valence-electron chi connectivity index (χ1n) is 3.11. The van der Waals surface area contributed by atoms with Crippen molar-refractivity contribution in [2.24, 2.45) is 5.92 Å². The van der Waals surface area contributed by atoms with Gasteiger partial charge in [0.2, 0.25) is 0 Å². The molecule has 0 aromatic heterocycles. The summed E-state index contributed by atoms with van der Waals surface area (Å²) in [6.45, 7) is 4.33. The summed E-state index contributed by atoms with van der Waals surface area (Å²) in [4.78, 5) is 0. The summed E-state index contributed by atoms with van der Waals surface area (Å²) < 4.78 is 0. The topological polar surface area (TPSA) is 36.1 Å². The number of hydrogen-bond donors (Lipinski definition) is 3.